The molecule has 0 radical (unpaired) electrons. The van der Waals surface area contributed by atoms with E-state index in [4.69, 9.17) is 4.78 Å². The summed E-state index contributed by atoms with van der Waals surface area (Å²) in [5.74, 6) is 1.37. The summed E-state index contributed by atoms with van der Waals surface area (Å²) < 4.78 is 21.2. The molecule has 1 unspecified atom stereocenters. The molecular formula is C27H27N7O2S. The van der Waals surface area contributed by atoms with Gasteiger partial charge in [-0.15, -0.1) is 0 Å². The standard InChI is InChI=1S/C27H27N7O2S/c28-37(36)16-5-4-15-29-25-24(18-30-26(34-25)31-22-9-6-10-23(37)17-22)19-11-13-21(14-12-19)33-27(35)32-20-7-2-1-3-8-20/h1-3,6-14,17-18,28H,4-5,15-16H2,(H2,32,33,35)(H2,29,30,31,34). The Kier molecular flexibility index (Phi) is 7.00. The molecule has 2 heterocycles. The van der Waals surface area contributed by atoms with Crippen LogP contribution in [-0.4, -0.2) is 32.5 Å². The van der Waals surface area contributed by atoms with Crippen LogP contribution in [0.2, 0.25) is 0 Å². The Hall–Kier alpha value is -4.44. The lowest BCUT2D eigenvalue weighted by Crippen LogP contribution is -2.19. The highest BCUT2D eigenvalue weighted by Gasteiger charge is 2.14. The quantitative estimate of drug-likeness (QED) is 0.223. The van der Waals surface area contributed by atoms with Crippen molar-refractivity contribution in [2.24, 2.45) is 0 Å². The van der Waals surface area contributed by atoms with Crippen molar-refractivity contribution in [1.82, 2.24) is 9.97 Å². The molecule has 2 amide bonds. The number of amides is 2. The summed E-state index contributed by atoms with van der Waals surface area (Å²) in [5.41, 5.74) is 3.76. The number of para-hydroxylation sites is 1. The molecule has 188 valence electrons. The zero-order valence-corrected chi connectivity index (χ0v) is 20.8. The van der Waals surface area contributed by atoms with Gasteiger partial charge in [-0.3, -0.25) is 0 Å². The highest BCUT2D eigenvalue weighted by molar-refractivity contribution is 7.92. The summed E-state index contributed by atoms with van der Waals surface area (Å²) >= 11 is 0. The fourth-order valence-corrected chi connectivity index (χ4v) is 5.46. The van der Waals surface area contributed by atoms with E-state index in [1.165, 1.54) is 0 Å². The number of nitrogens with one attached hydrogen (secondary N) is 5. The molecule has 1 aromatic heterocycles. The fourth-order valence-electron chi connectivity index (χ4n) is 4.00. The smallest absolute Gasteiger partial charge is 0.323 e. The van der Waals surface area contributed by atoms with Crippen LogP contribution in [0.3, 0.4) is 0 Å². The average molecular weight is 514 g/mol. The normalized spacial score (nSPS) is 17.1. The number of carbonyl (C=O) groups is 1. The van der Waals surface area contributed by atoms with Crippen molar-refractivity contribution in [3.8, 4) is 11.1 Å². The van der Waals surface area contributed by atoms with Crippen LogP contribution in [-0.2, 0) is 9.73 Å². The number of hydrogen-bond acceptors (Lipinski definition) is 7. The van der Waals surface area contributed by atoms with Gasteiger partial charge in [0.15, 0.2) is 0 Å². The summed E-state index contributed by atoms with van der Waals surface area (Å²) in [7, 11) is -2.86. The fraction of sp³-hybridized carbons (Fsp3) is 0.148. The number of benzene rings is 3. The molecule has 0 fully saturated rings. The highest BCUT2D eigenvalue weighted by Crippen LogP contribution is 2.29. The van der Waals surface area contributed by atoms with Gasteiger partial charge in [-0.05, 0) is 60.9 Å². The van der Waals surface area contributed by atoms with Gasteiger partial charge in [0.2, 0.25) is 5.95 Å². The molecule has 9 nitrogen and oxygen atoms in total. The van der Waals surface area contributed by atoms with E-state index >= 15 is 0 Å². The van der Waals surface area contributed by atoms with Crippen LogP contribution in [0.5, 0.6) is 0 Å². The van der Waals surface area contributed by atoms with Crippen molar-refractivity contribution in [2.45, 2.75) is 17.7 Å². The number of carbonyl (C=O) groups excluding carboxylic acids is 1. The number of urea groups is 1. The first kappa shape index (κ1) is 24.3. The Morgan fingerprint density at radius 3 is 2.46 bits per heavy atom. The van der Waals surface area contributed by atoms with Gasteiger partial charge < -0.3 is 21.3 Å². The predicted molar refractivity (Wildman–Crippen MR) is 148 cm³/mol. The minimum atomic E-state index is -2.86. The predicted octanol–water partition coefficient (Wildman–Crippen LogP) is 6.14. The van der Waals surface area contributed by atoms with E-state index in [9.17, 15) is 9.00 Å². The van der Waals surface area contributed by atoms with Gasteiger partial charge in [-0.25, -0.2) is 18.8 Å². The van der Waals surface area contributed by atoms with Crippen molar-refractivity contribution in [1.29, 1.82) is 4.78 Å². The number of rotatable bonds is 3. The van der Waals surface area contributed by atoms with Gasteiger partial charge in [0.25, 0.3) is 0 Å². The van der Waals surface area contributed by atoms with Crippen LogP contribution in [0.25, 0.3) is 11.1 Å². The highest BCUT2D eigenvalue weighted by atomic mass is 32.2. The SMILES string of the molecule is N=S1(=O)CCCCNc2nc(ncc2-c2ccc(NC(=O)Nc3ccccc3)cc2)Nc2cccc1c2. The first-order chi connectivity index (χ1) is 18.0. The molecule has 0 saturated heterocycles. The van der Waals surface area contributed by atoms with E-state index < -0.39 is 9.73 Å². The molecule has 3 aromatic carbocycles. The minimum absolute atomic E-state index is 0.306. The van der Waals surface area contributed by atoms with Crippen LogP contribution in [0.1, 0.15) is 12.8 Å². The molecule has 4 aromatic rings. The van der Waals surface area contributed by atoms with Crippen LogP contribution >= 0.6 is 0 Å². The van der Waals surface area contributed by atoms with Crippen molar-refractivity contribution in [2.75, 3.05) is 33.6 Å². The van der Waals surface area contributed by atoms with E-state index in [-0.39, 0.29) is 6.03 Å². The van der Waals surface area contributed by atoms with Gasteiger partial charge in [0.05, 0.1) is 9.73 Å². The molecule has 0 aliphatic carbocycles. The molecule has 10 heteroatoms. The second kappa shape index (κ2) is 10.7. The Morgan fingerprint density at radius 1 is 0.919 bits per heavy atom. The Morgan fingerprint density at radius 2 is 1.68 bits per heavy atom. The maximum atomic E-state index is 12.9. The van der Waals surface area contributed by atoms with Crippen molar-refractivity contribution < 1.29 is 9.00 Å². The number of anilines is 5. The third-order valence-corrected chi connectivity index (χ3v) is 7.78. The summed E-state index contributed by atoms with van der Waals surface area (Å²) in [4.78, 5) is 22.0. The van der Waals surface area contributed by atoms with E-state index in [0.29, 0.717) is 52.4 Å². The number of fused-ring (bicyclic) bond motifs is 4. The van der Waals surface area contributed by atoms with E-state index in [0.717, 1.165) is 17.5 Å². The Labute approximate surface area is 215 Å². The molecule has 0 saturated carbocycles. The topological polar surface area (TPSA) is 132 Å². The van der Waals surface area contributed by atoms with Crippen molar-refractivity contribution >= 4 is 44.6 Å². The Balaban J connectivity index is 1.36. The minimum Gasteiger partial charge on any atom is -0.369 e. The molecular weight excluding hydrogens is 486 g/mol. The second-order valence-corrected chi connectivity index (χ2v) is 10.9. The van der Waals surface area contributed by atoms with Crippen molar-refractivity contribution in [3.05, 3.63) is 85.1 Å². The molecule has 5 N–H and O–H groups in total. The molecule has 0 spiro atoms. The molecule has 1 aliphatic rings. The first-order valence-electron chi connectivity index (χ1n) is 11.9. The van der Waals surface area contributed by atoms with Crippen LogP contribution in [0.15, 0.2) is 90.0 Å². The molecule has 4 bridgehead atoms. The van der Waals surface area contributed by atoms with E-state index in [2.05, 4.69) is 31.2 Å². The van der Waals surface area contributed by atoms with E-state index in [1.54, 1.807) is 24.4 Å². The van der Waals surface area contributed by atoms with Gasteiger partial charge in [0.1, 0.15) is 5.82 Å². The number of aromatic nitrogens is 2. The third kappa shape index (κ3) is 6.04. The van der Waals surface area contributed by atoms with Gasteiger partial charge in [-0.2, -0.15) is 4.98 Å². The van der Waals surface area contributed by atoms with E-state index in [1.807, 2.05) is 60.7 Å². The molecule has 1 aliphatic heterocycles. The second-order valence-electron chi connectivity index (χ2n) is 8.64. The van der Waals surface area contributed by atoms with Crippen LogP contribution < -0.4 is 21.3 Å². The van der Waals surface area contributed by atoms with Gasteiger partial charge >= 0.3 is 6.03 Å². The zero-order valence-electron chi connectivity index (χ0n) is 20.0. The van der Waals surface area contributed by atoms with Gasteiger partial charge in [-0.1, -0.05) is 36.4 Å². The molecule has 37 heavy (non-hydrogen) atoms. The van der Waals surface area contributed by atoms with Crippen LogP contribution in [0, 0.1) is 4.78 Å². The largest absolute Gasteiger partial charge is 0.369 e. The lowest BCUT2D eigenvalue weighted by Gasteiger charge is -2.14. The van der Waals surface area contributed by atoms with Crippen LogP contribution in [0.4, 0.5) is 33.6 Å². The summed E-state index contributed by atoms with van der Waals surface area (Å²) in [5, 5.41) is 12.2. The lowest BCUT2D eigenvalue weighted by molar-refractivity contribution is 0.262. The maximum absolute atomic E-state index is 12.9. The van der Waals surface area contributed by atoms with Gasteiger partial charge in [0, 0.05) is 46.0 Å². The van der Waals surface area contributed by atoms with Crippen molar-refractivity contribution in [3.63, 3.8) is 0 Å². The summed E-state index contributed by atoms with van der Waals surface area (Å²) in [6.45, 7) is 0.621. The first-order valence-corrected chi connectivity index (χ1v) is 13.7. The third-order valence-electron chi connectivity index (χ3n) is 5.90. The summed E-state index contributed by atoms with van der Waals surface area (Å²) in [6.07, 6.45) is 3.16. The molecule has 5 rings (SSSR count). The Bertz CT molecular complexity index is 1510. The maximum Gasteiger partial charge on any atom is 0.323 e. The molecule has 1 atom stereocenters. The number of hydrogen-bond donors (Lipinski definition) is 5. The zero-order chi connectivity index (χ0) is 25.7. The lowest BCUT2D eigenvalue weighted by atomic mass is 10.1. The number of nitrogens with zero attached hydrogens (tertiary/aromatic N) is 2. The summed E-state index contributed by atoms with van der Waals surface area (Å²) in [6, 6.07) is 23.5. The average Bonchev–Trinajstić information content (AvgIpc) is 2.90. The monoisotopic (exact) mass is 513 g/mol.